The van der Waals surface area contributed by atoms with Crippen LogP contribution >= 0.6 is 0 Å². The highest BCUT2D eigenvalue weighted by atomic mass is 32.2. The lowest BCUT2D eigenvalue weighted by Gasteiger charge is -2.19. The Kier molecular flexibility index (Phi) is 5.60. The third kappa shape index (κ3) is 4.12. The number of aromatic nitrogens is 1. The van der Waals surface area contributed by atoms with Gasteiger partial charge in [-0.3, -0.25) is 9.10 Å². The van der Waals surface area contributed by atoms with Gasteiger partial charge in [-0.1, -0.05) is 24.3 Å². The molecule has 0 saturated carbocycles. The van der Waals surface area contributed by atoms with Gasteiger partial charge in [-0.2, -0.15) is 0 Å². The summed E-state index contributed by atoms with van der Waals surface area (Å²) in [4.78, 5) is 26.8. The third-order valence-electron chi connectivity index (χ3n) is 4.08. The molecule has 0 aliphatic carbocycles. The molecule has 0 fully saturated rings. The minimum atomic E-state index is -3.86. The first-order chi connectivity index (χ1) is 13.4. The molecule has 1 aromatic heterocycles. The van der Waals surface area contributed by atoms with Crippen LogP contribution in [-0.4, -0.2) is 38.8 Å². The Morgan fingerprint density at radius 2 is 1.75 bits per heavy atom. The van der Waals surface area contributed by atoms with Crippen molar-refractivity contribution in [3.05, 3.63) is 84.2 Å². The van der Waals surface area contributed by atoms with E-state index in [2.05, 4.69) is 4.98 Å². The molecule has 7 nitrogen and oxygen atoms in total. The molecule has 0 amide bonds. The quantitative estimate of drug-likeness (QED) is 0.488. The van der Waals surface area contributed by atoms with Crippen LogP contribution in [0.1, 0.15) is 20.8 Å². The molecule has 144 valence electrons. The van der Waals surface area contributed by atoms with Crippen LogP contribution in [0.5, 0.6) is 0 Å². The standard InChI is InChI=1S/C20H18N2O5S/c1-22(16-8-3-2-4-9-16)28(25,26)17-10-5-7-15(13-17)20(24)27-14-19(23)18-11-6-12-21-18/h2-13,21H,14H2,1H3. The number of rotatable bonds is 7. The summed E-state index contributed by atoms with van der Waals surface area (Å²) in [6, 6.07) is 17.3. The van der Waals surface area contributed by atoms with Crippen molar-refractivity contribution in [2.75, 3.05) is 18.0 Å². The number of carbonyl (C=O) groups excluding carboxylic acids is 2. The number of H-pyrrole nitrogens is 1. The highest BCUT2D eigenvalue weighted by molar-refractivity contribution is 7.92. The highest BCUT2D eigenvalue weighted by Crippen LogP contribution is 2.22. The Balaban J connectivity index is 1.76. The molecule has 1 N–H and O–H groups in total. The number of hydrogen-bond acceptors (Lipinski definition) is 5. The zero-order valence-corrected chi connectivity index (χ0v) is 15.8. The van der Waals surface area contributed by atoms with Crippen LogP contribution in [0.3, 0.4) is 0 Å². The first-order valence-electron chi connectivity index (χ1n) is 8.37. The summed E-state index contributed by atoms with van der Waals surface area (Å²) in [5.41, 5.74) is 0.863. The van der Waals surface area contributed by atoms with Gasteiger partial charge in [0.1, 0.15) is 0 Å². The normalized spacial score (nSPS) is 11.0. The van der Waals surface area contributed by atoms with Crippen molar-refractivity contribution in [1.82, 2.24) is 4.98 Å². The number of anilines is 1. The van der Waals surface area contributed by atoms with Gasteiger partial charge < -0.3 is 9.72 Å². The molecule has 1 heterocycles. The lowest BCUT2D eigenvalue weighted by Crippen LogP contribution is -2.26. The molecule has 0 spiro atoms. The van der Waals surface area contributed by atoms with Crippen molar-refractivity contribution in [3.8, 4) is 0 Å². The summed E-state index contributed by atoms with van der Waals surface area (Å²) in [5, 5.41) is 0. The van der Waals surface area contributed by atoms with Crippen molar-refractivity contribution in [3.63, 3.8) is 0 Å². The number of nitrogens with zero attached hydrogens (tertiary/aromatic N) is 1. The lowest BCUT2D eigenvalue weighted by atomic mass is 10.2. The highest BCUT2D eigenvalue weighted by Gasteiger charge is 2.23. The molecule has 28 heavy (non-hydrogen) atoms. The largest absolute Gasteiger partial charge is 0.454 e. The first-order valence-corrected chi connectivity index (χ1v) is 9.81. The maximum Gasteiger partial charge on any atom is 0.338 e. The topological polar surface area (TPSA) is 96.5 Å². The number of ether oxygens (including phenoxy) is 1. The third-order valence-corrected chi connectivity index (χ3v) is 5.86. The summed E-state index contributed by atoms with van der Waals surface area (Å²) < 4.78 is 31.8. The number of esters is 1. The van der Waals surface area contributed by atoms with Crippen LogP contribution in [0.15, 0.2) is 77.8 Å². The van der Waals surface area contributed by atoms with Gasteiger partial charge >= 0.3 is 5.97 Å². The number of ketones is 1. The Morgan fingerprint density at radius 3 is 2.43 bits per heavy atom. The van der Waals surface area contributed by atoms with Gasteiger partial charge in [-0.25, -0.2) is 13.2 Å². The maximum atomic E-state index is 12.8. The number of para-hydroxylation sites is 1. The molecule has 0 bridgehead atoms. The number of Topliss-reactive ketones (excluding diaryl/α,β-unsaturated/α-hetero) is 1. The van der Waals surface area contributed by atoms with Crippen LogP contribution in [0.25, 0.3) is 0 Å². The van der Waals surface area contributed by atoms with Gasteiger partial charge in [-0.05, 0) is 42.5 Å². The molecule has 0 saturated heterocycles. The molecule has 0 atom stereocenters. The molecule has 2 aromatic carbocycles. The molecule has 8 heteroatoms. The van der Waals surface area contributed by atoms with Crippen molar-refractivity contribution in [2.24, 2.45) is 0 Å². The van der Waals surface area contributed by atoms with Crippen molar-refractivity contribution < 1.29 is 22.7 Å². The Morgan fingerprint density at radius 1 is 1.00 bits per heavy atom. The zero-order chi connectivity index (χ0) is 20.1. The minimum Gasteiger partial charge on any atom is -0.454 e. The summed E-state index contributed by atoms with van der Waals surface area (Å²) in [5.74, 6) is -1.16. The van der Waals surface area contributed by atoms with E-state index in [1.54, 1.807) is 48.7 Å². The van der Waals surface area contributed by atoms with E-state index in [4.69, 9.17) is 4.74 Å². The maximum absolute atomic E-state index is 12.8. The molecule has 0 unspecified atom stereocenters. The second kappa shape index (κ2) is 8.10. The van der Waals surface area contributed by atoms with Crippen LogP contribution in [0.2, 0.25) is 0 Å². The number of aromatic amines is 1. The van der Waals surface area contributed by atoms with Crippen molar-refractivity contribution in [2.45, 2.75) is 4.90 Å². The predicted octanol–water partition coefficient (Wildman–Crippen LogP) is 2.88. The molecule has 0 aliphatic rings. The summed E-state index contributed by atoms with van der Waals surface area (Å²) in [7, 11) is -2.43. The average molecular weight is 398 g/mol. The van der Waals surface area contributed by atoms with E-state index >= 15 is 0 Å². The second-order valence-electron chi connectivity index (χ2n) is 5.92. The van der Waals surface area contributed by atoms with Gasteiger partial charge in [0.25, 0.3) is 10.0 Å². The average Bonchev–Trinajstić information content (AvgIpc) is 3.27. The number of benzene rings is 2. The number of carbonyl (C=O) groups is 2. The van der Waals surface area contributed by atoms with Crippen LogP contribution in [0, 0.1) is 0 Å². The van der Waals surface area contributed by atoms with Gasteiger partial charge in [-0.15, -0.1) is 0 Å². The number of sulfonamides is 1. The van der Waals surface area contributed by atoms with E-state index in [9.17, 15) is 18.0 Å². The monoisotopic (exact) mass is 398 g/mol. The molecule has 3 aromatic rings. The predicted molar refractivity (Wildman–Crippen MR) is 104 cm³/mol. The Hall–Kier alpha value is -3.39. The SMILES string of the molecule is CN(c1ccccc1)S(=O)(=O)c1cccc(C(=O)OCC(=O)c2ccc[nH]2)c1. The van der Waals surface area contributed by atoms with E-state index in [1.807, 2.05) is 0 Å². The van der Waals surface area contributed by atoms with Gasteiger partial charge in [0.05, 0.1) is 21.8 Å². The van der Waals surface area contributed by atoms with E-state index in [0.717, 1.165) is 4.31 Å². The fraction of sp³-hybridized carbons (Fsp3) is 0.100. The fourth-order valence-corrected chi connectivity index (χ4v) is 3.76. The zero-order valence-electron chi connectivity index (χ0n) is 15.0. The van der Waals surface area contributed by atoms with E-state index in [1.165, 1.54) is 31.3 Å². The molecular formula is C20H18N2O5S. The van der Waals surface area contributed by atoms with Gasteiger partial charge in [0, 0.05) is 13.2 Å². The smallest absolute Gasteiger partial charge is 0.338 e. The van der Waals surface area contributed by atoms with Gasteiger partial charge in [0.15, 0.2) is 6.61 Å². The van der Waals surface area contributed by atoms with Crippen LogP contribution in [-0.2, 0) is 14.8 Å². The van der Waals surface area contributed by atoms with Crippen LogP contribution < -0.4 is 4.31 Å². The fourth-order valence-electron chi connectivity index (χ4n) is 2.51. The van der Waals surface area contributed by atoms with Gasteiger partial charge in [0.2, 0.25) is 5.78 Å². The summed E-state index contributed by atoms with van der Waals surface area (Å²) in [6.45, 7) is -0.444. The second-order valence-corrected chi connectivity index (χ2v) is 7.89. The minimum absolute atomic E-state index is 0.0434. The molecule has 3 rings (SSSR count). The molecule has 0 radical (unpaired) electrons. The van der Waals surface area contributed by atoms with E-state index < -0.39 is 22.6 Å². The van der Waals surface area contributed by atoms with E-state index in [0.29, 0.717) is 11.4 Å². The molecule has 0 aliphatic heterocycles. The van der Waals surface area contributed by atoms with Crippen molar-refractivity contribution >= 4 is 27.5 Å². The number of hydrogen-bond donors (Lipinski definition) is 1. The Labute approximate surface area is 162 Å². The first kappa shape index (κ1) is 19.4. The molecular weight excluding hydrogens is 380 g/mol. The lowest BCUT2D eigenvalue weighted by molar-refractivity contribution is 0.0473. The number of nitrogens with one attached hydrogen (secondary N) is 1. The summed E-state index contributed by atoms with van der Waals surface area (Å²) in [6.07, 6.45) is 1.59. The Bertz CT molecular complexity index is 1080. The van der Waals surface area contributed by atoms with E-state index in [-0.39, 0.29) is 16.2 Å². The van der Waals surface area contributed by atoms with Crippen LogP contribution in [0.4, 0.5) is 5.69 Å². The van der Waals surface area contributed by atoms with Crippen molar-refractivity contribution in [1.29, 1.82) is 0 Å². The summed E-state index contributed by atoms with van der Waals surface area (Å²) >= 11 is 0.